The second-order valence-electron chi connectivity index (χ2n) is 9.76. The highest BCUT2D eigenvalue weighted by molar-refractivity contribution is 6.09. The third-order valence-corrected chi connectivity index (χ3v) is 6.76. The van der Waals surface area contributed by atoms with E-state index in [2.05, 4.69) is 54.5 Å². The van der Waals surface area contributed by atoms with Crippen molar-refractivity contribution in [3.8, 4) is 11.1 Å². The molecule has 5 nitrogen and oxygen atoms in total. The third-order valence-electron chi connectivity index (χ3n) is 6.76. The fourth-order valence-electron chi connectivity index (χ4n) is 4.64. The van der Waals surface area contributed by atoms with Crippen molar-refractivity contribution in [3.05, 3.63) is 89.6 Å². The molecule has 1 aliphatic rings. The lowest BCUT2D eigenvalue weighted by Crippen LogP contribution is -2.38. The number of aromatic nitrogens is 1. The first-order valence-corrected chi connectivity index (χ1v) is 12.6. The average molecular weight is 482 g/mol. The van der Waals surface area contributed by atoms with Crippen molar-refractivity contribution in [2.24, 2.45) is 5.92 Å². The number of fused-ring (bicyclic) bond motifs is 1. The molecule has 2 amide bonds. The molecule has 0 radical (unpaired) electrons. The standard InChI is InChI=1S/C22H24N2O.C9H11NO/c1-15-10-12-24(13-11-15)22(25)21-20(17-6-4-3-5-7-17)18-14-16(2)8-9-19(18)23-21;1-7-5-3-4-6-9(7)10-8(2)11/h3-9,14-15,23H,10-13H2,1-2H3;3-6H,1-2H3,(H,10,11). The fourth-order valence-corrected chi connectivity index (χ4v) is 4.64. The number of piperidine rings is 1. The van der Waals surface area contributed by atoms with Gasteiger partial charge in [-0.15, -0.1) is 0 Å². The SMILES string of the molecule is CC(=O)Nc1ccccc1C.Cc1ccc2[nH]c(C(=O)N3CCC(C)CC3)c(-c3ccccc3)c2c1. The summed E-state index contributed by atoms with van der Waals surface area (Å²) in [5, 5.41) is 3.86. The van der Waals surface area contributed by atoms with Crippen molar-refractivity contribution < 1.29 is 9.59 Å². The summed E-state index contributed by atoms with van der Waals surface area (Å²) in [6.45, 7) is 9.53. The summed E-state index contributed by atoms with van der Waals surface area (Å²) < 4.78 is 0. The maximum Gasteiger partial charge on any atom is 0.270 e. The van der Waals surface area contributed by atoms with Gasteiger partial charge in [-0.2, -0.15) is 0 Å². The number of likely N-dealkylation sites (tertiary alicyclic amines) is 1. The van der Waals surface area contributed by atoms with Crippen LogP contribution in [-0.4, -0.2) is 34.8 Å². The minimum Gasteiger partial charge on any atom is -0.350 e. The first kappa shape index (κ1) is 25.2. The van der Waals surface area contributed by atoms with Gasteiger partial charge in [-0.05, 0) is 61.9 Å². The normalized spacial score (nSPS) is 13.7. The van der Waals surface area contributed by atoms with E-state index in [0.29, 0.717) is 5.92 Å². The highest BCUT2D eigenvalue weighted by atomic mass is 16.2. The highest BCUT2D eigenvalue weighted by Gasteiger charge is 2.26. The van der Waals surface area contributed by atoms with Crippen LogP contribution in [0.25, 0.3) is 22.0 Å². The van der Waals surface area contributed by atoms with Crippen LogP contribution in [0.3, 0.4) is 0 Å². The van der Waals surface area contributed by atoms with Gasteiger partial charge in [0, 0.05) is 42.2 Å². The van der Waals surface area contributed by atoms with Gasteiger partial charge >= 0.3 is 0 Å². The van der Waals surface area contributed by atoms with E-state index in [1.54, 1.807) is 0 Å². The Morgan fingerprint density at radius 3 is 2.25 bits per heavy atom. The van der Waals surface area contributed by atoms with Crippen molar-refractivity contribution in [1.82, 2.24) is 9.88 Å². The number of benzene rings is 3. The molecule has 1 fully saturated rings. The smallest absolute Gasteiger partial charge is 0.270 e. The number of amides is 2. The molecule has 3 aromatic carbocycles. The Morgan fingerprint density at radius 1 is 0.917 bits per heavy atom. The second kappa shape index (κ2) is 11.3. The number of H-pyrrole nitrogens is 1. The van der Waals surface area contributed by atoms with Crippen LogP contribution >= 0.6 is 0 Å². The Bertz CT molecular complexity index is 1350. The number of para-hydroxylation sites is 1. The van der Waals surface area contributed by atoms with E-state index in [-0.39, 0.29) is 11.8 Å². The van der Waals surface area contributed by atoms with Crippen LogP contribution in [0.15, 0.2) is 72.8 Å². The quantitative estimate of drug-likeness (QED) is 0.332. The average Bonchev–Trinajstić information content (AvgIpc) is 3.25. The number of nitrogens with one attached hydrogen (secondary N) is 2. The molecule has 1 aliphatic heterocycles. The molecule has 2 N–H and O–H groups in total. The zero-order valence-electron chi connectivity index (χ0n) is 21.6. The molecule has 0 spiro atoms. The monoisotopic (exact) mass is 481 g/mol. The van der Waals surface area contributed by atoms with Gasteiger partial charge in [0.25, 0.3) is 5.91 Å². The summed E-state index contributed by atoms with van der Waals surface area (Å²) in [6.07, 6.45) is 2.18. The topological polar surface area (TPSA) is 65.2 Å². The number of rotatable bonds is 3. The number of hydrogen-bond acceptors (Lipinski definition) is 2. The van der Waals surface area contributed by atoms with E-state index >= 15 is 0 Å². The number of hydrogen-bond donors (Lipinski definition) is 2. The minimum absolute atomic E-state index is 0.0284. The maximum absolute atomic E-state index is 13.2. The minimum atomic E-state index is -0.0284. The summed E-state index contributed by atoms with van der Waals surface area (Å²) in [5.74, 6) is 0.807. The van der Waals surface area contributed by atoms with E-state index in [1.807, 2.05) is 54.3 Å². The molecule has 1 aromatic heterocycles. The Morgan fingerprint density at radius 2 is 1.58 bits per heavy atom. The molecule has 186 valence electrons. The molecule has 0 unspecified atom stereocenters. The van der Waals surface area contributed by atoms with Crippen molar-refractivity contribution in [3.63, 3.8) is 0 Å². The molecule has 36 heavy (non-hydrogen) atoms. The molecule has 0 atom stereocenters. The molecule has 2 heterocycles. The van der Waals surface area contributed by atoms with E-state index in [9.17, 15) is 9.59 Å². The molecule has 1 saturated heterocycles. The predicted molar refractivity (Wildman–Crippen MR) is 148 cm³/mol. The lowest BCUT2D eigenvalue weighted by molar-refractivity contribution is -0.114. The van der Waals surface area contributed by atoms with Crippen LogP contribution in [-0.2, 0) is 4.79 Å². The van der Waals surface area contributed by atoms with Gasteiger partial charge in [0.1, 0.15) is 5.69 Å². The maximum atomic E-state index is 13.2. The van der Waals surface area contributed by atoms with Crippen LogP contribution in [0.4, 0.5) is 5.69 Å². The predicted octanol–water partition coefficient (Wildman–Crippen LogP) is 6.97. The van der Waals surface area contributed by atoms with E-state index in [1.165, 1.54) is 12.5 Å². The van der Waals surface area contributed by atoms with Gasteiger partial charge in [0.05, 0.1) is 0 Å². The van der Waals surface area contributed by atoms with E-state index < -0.39 is 0 Å². The molecule has 0 bridgehead atoms. The Kier molecular flexibility index (Phi) is 7.89. The van der Waals surface area contributed by atoms with Crippen molar-refractivity contribution in [1.29, 1.82) is 0 Å². The summed E-state index contributed by atoms with van der Waals surface area (Å²) in [5.41, 5.74) is 7.05. The van der Waals surface area contributed by atoms with E-state index in [0.717, 1.165) is 64.9 Å². The largest absolute Gasteiger partial charge is 0.350 e. The number of aromatic amines is 1. The van der Waals surface area contributed by atoms with Crippen LogP contribution in [0, 0.1) is 19.8 Å². The number of aryl methyl sites for hydroxylation is 2. The third kappa shape index (κ3) is 5.85. The first-order valence-electron chi connectivity index (χ1n) is 12.6. The summed E-state index contributed by atoms with van der Waals surface area (Å²) in [6, 6.07) is 24.3. The summed E-state index contributed by atoms with van der Waals surface area (Å²) >= 11 is 0. The molecule has 0 aliphatic carbocycles. The van der Waals surface area contributed by atoms with Gasteiger partial charge < -0.3 is 15.2 Å². The van der Waals surface area contributed by atoms with Crippen LogP contribution < -0.4 is 5.32 Å². The Labute approximate surface area is 213 Å². The van der Waals surface area contributed by atoms with Gasteiger partial charge in [0.15, 0.2) is 0 Å². The Hall–Kier alpha value is -3.86. The van der Waals surface area contributed by atoms with Gasteiger partial charge in [0.2, 0.25) is 5.91 Å². The van der Waals surface area contributed by atoms with E-state index in [4.69, 9.17) is 0 Å². The summed E-state index contributed by atoms with van der Waals surface area (Å²) in [4.78, 5) is 29.3. The molecular weight excluding hydrogens is 446 g/mol. The number of carbonyl (C=O) groups is 2. The number of anilines is 1. The van der Waals surface area contributed by atoms with Crippen LogP contribution in [0.1, 0.15) is 48.3 Å². The molecule has 5 rings (SSSR count). The highest BCUT2D eigenvalue weighted by Crippen LogP contribution is 2.34. The van der Waals surface area contributed by atoms with Crippen LogP contribution in [0.2, 0.25) is 0 Å². The van der Waals surface area contributed by atoms with Crippen molar-refractivity contribution >= 4 is 28.4 Å². The molecule has 0 saturated carbocycles. The van der Waals surface area contributed by atoms with Crippen molar-refractivity contribution in [2.75, 3.05) is 18.4 Å². The molecular formula is C31H35N3O2. The van der Waals surface area contributed by atoms with Crippen molar-refractivity contribution in [2.45, 2.75) is 40.5 Å². The Balaban J connectivity index is 0.000000233. The fraction of sp³-hybridized carbons (Fsp3) is 0.290. The molecule has 4 aromatic rings. The first-order chi connectivity index (χ1) is 17.3. The lowest BCUT2D eigenvalue weighted by atomic mass is 9.97. The van der Waals surface area contributed by atoms with Crippen LogP contribution in [0.5, 0.6) is 0 Å². The summed E-state index contributed by atoms with van der Waals surface area (Å²) in [7, 11) is 0. The number of nitrogens with zero attached hydrogens (tertiary/aromatic N) is 1. The van der Waals surface area contributed by atoms with Gasteiger partial charge in [-0.1, -0.05) is 67.1 Å². The van der Waals surface area contributed by atoms with Gasteiger partial charge in [-0.3, -0.25) is 9.59 Å². The zero-order chi connectivity index (χ0) is 25.7. The lowest BCUT2D eigenvalue weighted by Gasteiger charge is -2.30. The number of carbonyl (C=O) groups excluding carboxylic acids is 2. The van der Waals surface area contributed by atoms with Gasteiger partial charge in [-0.25, -0.2) is 0 Å². The zero-order valence-corrected chi connectivity index (χ0v) is 21.6. The second-order valence-corrected chi connectivity index (χ2v) is 9.76. The molecule has 5 heteroatoms.